The maximum atomic E-state index is 12.4. The lowest BCUT2D eigenvalue weighted by molar-refractivity contribution is -0.122. The molecular weight excluding hydrogens is 368 g/mol. The number of carbonyl (C=O) groups excluding carboxylic acids is 2. The number of terminal acetylenes is 1. The number of halogens is 1. The van der Waals surface area contributed by atoms with Crippen molar-refractivity contribution in [3.63, 3.8) is 0 Å². The molecule has 0 radical (unpaired) electrons. The predicted molar refractivity (Wildman–Crippen MR) is 107 cm³/mol. The normalized spacial score (nSPS) is 15.8. The Morgan fingerprint density at radius 1 is 1.27 bits per heavy atom. The van der Waals surface area contributed by atoms with Crippen LogP contribution in [0, 0.1) is 33.1 Å². The highest BCUT2D eigenvalue weighted by Crippen LogP contribution is 2.34. The number of hydrogen-bond acceptors (Lipinski definition) is 3. The lowest BCUT2D eigenvalue weighted by atomic mass is 10.2. The number of imide groups is 1. The Kier molecular flexibility index (Phi) is 4.99. The molecule has 1 aromatic heterocycles. The largest absolute Gasteiger partial charge is 0.318 e. The van der Waals surface area contributed by atoms with Gasteiger partial charge in [0.25, 0.3) is 11.1 Å². The van der Waals surface area contributed by atoms with Crippen molar-refractivity contribution in [3.8, 4) is 18.0 Å². The zero-order chi connectivity index (χ0) is 19.0. The summed E-state index contributed by atoms with van der Waals surface area (Å²) in [5, 5.41) is 0.366. The minimum atomic E-state index is -0.346. The number of rotatable bonds is 3. The Morgan fingerprint density at radius 3 is 2.69 bits per heavy atom. The van der Waals surface area contributed by atoms with Crippen molar-refractivity contribution in [2.45, 2.75) is 20.8 Å². The van der Waals surface area contributed by atoms with Crippen LogP contribution in [0.5, 0.6) is 0 Å². The molecule has 1 aliphatic heterocycles. The van der Waals surface area contributed by atoms with Gasteiger partial charge in [0.2, 0.25) is 0 Å². The first-order chi connectivity index (χ1) is 12.3. The average Bonchev–Trinajstić information content (AvgIpc) is 3.01. The highest BCUT2D eigenvalue weighted by molar-refractivity contribution is 8.18. The van der Waals surface area contributed by atoms with Crippen LogP contribution in [0.1, 0.15) is 22.5 Å². The van der Waals surface area contributed by atoms with Crippen LogP contribution in [0.4, 0.5) is 4.79 Å². The molecule has 1 aromatic carbocycles. The maximum Gasteiger partial charge on any atom is 0.294 e. The Balaban J connectivity index is 2.05. The summed E-state index contributed by atoms with van der Waals surface area (Å²) in [5.74, 6) is 1.99. The summed E-state index contributed by atoms with van der Waals surface area (Å²) in [4.78, 5) is 25.8. The summed E-state index contributed by atoms with van der Waals surface area (Å²) >= 11 is 7.18. The van der Waals surface area contributed by atoms with Crippen LogP contribution >= 0.6 is 23.4 Å². The summed E-state index contributed by atoms with van der Waals surface area (Å²) in [6.07, 6.45) is 6.98. The molecule has 0 atom stereocenters. The second-order valence-corrected chi connectivity index (χ2v) is 7.42. The number of amides is 2. The quantitative estimate of drug-likeness (QED) is 0.567. The molecule has 0 spiro atoms. The Labute approximate surface area is 161 Å². The second kappa shape index (κ2) is 7.06. The number of aromatic nitrogens is 1. The fourth-order valence-electron chi connectivity index (χ4n) is 3.01. The SMILES string of the molecule is C#CCN1C(=O)SC(=Cc2cc(C)n(-c3cccc(Cl)c3C)c2C)C1=O. The molecule has 2 amide bonds. The molecule has 1 aliphatic rings. The molecule has 1 saturated heterocycles. The fraction of sp³-hybridized carbons (Fsp3) is 0.200. The van der Waals surface area contributed by atoms with E-state index in [0.29, 0.717) is 9.93 Å². The summed E-state index contributed by atoms with van der Waals surface area (Å²) < 4.78 is 2.10. The van der Waals surface area contributed by atoms with Crippen molar-refractivity contribution in [2.24, 2.45) is 0 Å². The smallest absolute Gasteiger partial charge is 0.294 e. The summed E-state index contributed by atoms with van der Waals surface area (Å²) in [5.41, 5.74) is 4.84. The van der Waals surface area contributed by atoms with Crippen molar-refractivity contribution in [3.05, 3.63) is 56.7 Å². The lowest BCUT2D eigenvalue weighted by Crippen LogP contribution is -2.28. The molecule has 132 valence electrons. The van der Waals surface area contributed by atoms with Crippen LogP contribution in [-0.4, -0.2) is 27.2 Å². The first-order valence-corrected chi connectivity index (χ1v) is 9.18. The molecule has 2 aromatic rings. The number of aryl methyl sites for hydroxylation is 1. The molecule has 3 rings (SSSR count). The topological polar surface area (TPSA) is 42.3 Å². The van der Waals surface area contributed by atoms with Gasteiger partial charge in [-0.2, -0.15) is 0 Å². The van der Waals surface area contributed by atoms with E-state index in [-0.39, 0.29) is 17.7 Å². The standard InChI is InChI=1S/C20H17ClN2O2S/c1-5-9-22-19(24)18(26-20(22)25)11-15-10-12(2)23(14(15)4)17-8-6-7-16(21)13(17)3/h1,6-8,10-11H,9H2,2-4H3. The third-order valence-corrected chi connectivity index (χ3v) is 5.68. The summed E-state index contributed by atoms with van der Waals surface area (Å²) in [6.45, 7) is 5.93. The van der Waals surface area contributed by atoms with Gasteiger partial charge in [0.1, 0.15) is 0 Å². The molecular formula is C20H17ClN2O2S. The highest BCUT2D eigenvalue weighted by atomic mass is 35.5. The van der Waals surface area contributed by atoms with Crippen LogP contribution in [0.3, 0.4) is 0 Å². The van der Waals surface area contributed by atoms with Crippen molar-refractivity contribution >= 4 is 40.6 Å². The first kappa shape index (κ1) is 18.4. The van der Waals surface area contributed by atoms with Crippen LogP contribution in [0.2, 0.25) is 5.02 Å². The number of carbonyl (C=O) groups is 2. The van der Waals surface area contributed by atoms with Gasteiger partial charge >= 0.3 is 0 Å². The van der Waals surface area contributed by atoms with E-state index in [1.54, 1.807) is 6.08 Å². The van der Waals surface area contributed by atoms with Crippen LogP contribution < -0.4 is 0 Å². The monoisotopic (exact) mass is 384 g/mol. The minimum Gasteiger partial charge on any atom is -0.318 e. The van der Waals surface area contributed by atoms with Crippen molar-refractivity contribution in [1.29, 1.82) is 0 Å². The van der Waals surface area contributed by atoms with Crippen LogP contribution in [0.15, 0.2) is 29.2 Å². The number of thioether (sulfide) groups is 1. The van der Waals surface area contributed by atoms with Gasteiger partial charge < -0.3 is 4.57 Å². The van der Waals surface area contributed by atoms with E-state index in [1.165, 1.54) is 0 Å². The minimum absolute atomic E-state index is 0.0112. The molecule has 2 heterocycles. The van der Waals surface area contributed by atoms with Gasteiger partial charge in [-0.25, -0.2) is 0 Å². The van der Waals surface area contributed by atoms with Crippen molar-refractivity contribution in [2.75, 3.05) is 6.54 Å². The summed E-state index contributed by atoms with van der Waals surface area (Å²) in [7, 11) is 0. The number of hydrogen-bond donors (Lipinski definition) is 0. The van der Waals surface area contributed by atoms with Gasteiger partial charge in [-0.05, 0) is 67.9 Å². The number of nitrogens with zero attached hydrogens (tertiary/aromatic N) is 2. The third-order valence-electron chi connectivity index (χ3n) is 4.36. The molecule has 0 aliphatic carbocycles. The van der Waals surface area contributed by atoms with E-state index in [4.69, 9.17) is 18.0 Å². The average molecular weight is 385 g/mol. The van der Waals surface area contributed by atoms with E-state index in [1.807, 2.05) is 45.0 Å². The van der Waals surface area contributed by atoms with Gasteiger partial charge in [-0.1, -0.05) is 23.6 Å². The highest BCUT2D eigenvalue weighted by Gasteiger charge is 2.34. The molecule has 6 heteroatoms. The molecule has 26 heavy (non-hydrogen) atoms. The summed E-state index contributed by atoms with van der Waals surface area (Å²) in [6, 6.07) is 7.77. The Hall–Kier alpha value is -2.42. The Bertz CT molecular complexity index is 998. The van der Waals surface area contributed by atoms with E-state index in [9.17, 15) is 9.59 Å². The fourth-order valence-corrected chi connectivity index (χ4v) is 4.01. The molecule has 0 bridgehead atoms. The van der Waals surface area contributed by atoms with Crippen molar-refractivity contribution < 1.29 is 9.59 Å². The zero-order valence-electron chi connectivity index (χ0n) is 14.7. The van der Waals surface area contributed by atoms with E-state index in [0.717, 1.165) is 44.9 Å². The maximum absolute atomic E-state index is 12.4. The van der Waals surface area contributed by atoms with Gasteiger partial charge in [-0.3, -0.25) is 14.5 Å². The van der Waals surface area contributed by atoms with Crippen LogP contribution in [0.25, 0.3) is 11.8 Å². The van der Waals surface area contributed by atoms with E-state index in [2.05, 4.69) is 10.5 Å². The van der Waals surface area contributed by atoms with Crippen LogP contribution in [-0.2, 0) is 4.79 Å². The lowest BCUT2D eigenvalue weighted by Gasteiger charge is -2.13. The zero-order valence-corrected chi connectivity index (χ0v) is 16.2. The van der Waals surface area contributed by atoms with Gasteiger partial charge in [0, 0.05) is 22.1 Å². The Morgan fingerprint density at radius 2 is 2.00 bits per heavy atom. The molecule has 4 nitrogen and oxygen atoms in total. The van der Waals surface area contributed by atoms with Gasteiger partial charge in [-0.15, -0.1) is 6.42 Å². The van der Waals surface area contributed by atoms with Gasteiger partial charge in [0.15, 0.2) is 0 Å². The first-order valence-electron chi connectivity index (χ1n) is 7.98. The van der Waals surface area contributed by atoms with Gasteiger partial charge in [0.05, 0.1) is 11.4 Å². The second-order valence-electron chi connectivity index (χ2n) is 6.02. The van der Waals surface area contributed by atoms with Crippen molar-refractivity contribution in [1.82, 2.24) is 9.47 Å². The third kappa shape index (κ3) is 3.07. The van der Waals surface area contributed by atoms with E-state index >= 15 is 0 Å². The number of benzene rings is 1. The predicted octanol–water partition coefficient (Wildman–Crippen LogP) is 4.73. The van der Waals surface area contributed by atoms with E-state index < -0.39 is 0 Å². The molecule has 0 saturated carbocycles. The molecule has 0 unspecified atom stereocenters. The molecule has 0 N–H and O–H groups in total. The molecule has 1 fully saturated rings.